The maximum Gasteiger partial charge on any atom is 0.262 e. The minimum absolute atomic E-state index is 0.172. The van der Waals surface area contributed by atoms with Crippen LogP contribution in [0.3, 0.4) is 0 Å². The summed E-state index contributed by atoms with van der Waals surface area (Å²) in [4.78, 5) is 23.2. The second kappa shape index (κ2) is 10.0. The Hall–Kier alpha value is -2.91. The Morgan fingerprint density at radius 2 is 1.41 bits per heavy atom. The summed E-state index contributed by atoms with van der Waals surface area (Å²) in [5.41, 5.74) is 1.10. The molecule has 0 radical (unpaired) electrons. The van der Waals surface area contributed by atoms with E-state index >= 15 is 0 Å². The van der Waals surface area contributed by atoms with E-state index in [1.807, 2.05) is 0 Å². The number of benzene rings is 2. The number of carbonyl (C=O) groups excluding carboxylic acids is 2. The van der Waals surface area contributed by atoms with Gasteiger partial charge in [-0.3, -0.25) is 9.59 Å². The van der Waals surface area contributed by atoms with Gasteiger partial charge in [0.15, 0.2) is 6.61 Å². The van der Waals surface area contributed by atoms with Crippen molar-refractivity contribution in [2.45, 2.75) is 25.7 Å². The Labute approximate surface area is 170 Å². The summed E-state index contributed by atoms with van der Waals surface area (Å²) in [5.74, 6) is -0.0702. The largest absolute Gasteiger partial charge is 0.484 e. The zero-order chi connectivity index (χ0) is 21.4. The number of rotatable bonds is 9. The number of amides is 2. The van der Waals surface area contributed by atoms with Crippen molar-refractivity contribution in [1.29, 1.82) is 0 Å². The van der Waals surface area contributed by atoms with Crippen molar-refractivity contribution in [3.63, 3.8) is 0 Å². The van der Waals surface area contributed by atoms with Gasteiger partial charge in [0.1, 0.15) is 5.75 Å². The number of carbonyl (C=O) groups is 2. The minimum Gasteiger partial charge on any atom is -0.484 e. The maximum atomic E-state index is 12.5. The molecule has 8 nitrogen and oxygen atoms in total. The lowest BCUT2D eigenvalue weighted by molar-refractivity contribution is -0.118. The highest BCUT2D eigenvalue weighted by Gasteiger charge is 2.21. The first-order valence-electron chi connectivity index (χ1n) is 9.16. The lowest BCUT2D eigenvalue weighted by atomic mass is 10.3. The van der Waals surface area contributed by atoms with Gasteiger partial charge < -0.3 is 15.4 Å². The van der Waals surface area contributed by atoms with Crippen LogP contribution in [-0.2, 0) is 19.6 Å². The zero-order valence-electron chi connectivity index (χ0n) is 16.6. The molecule has 29 heavy (non-hydrogen) atoms. The Bertz CT molecular complexity index is 937. The van der Waals surface area contributed by atoms with E-state index in [9.17, 15) is 18.0 Å². The summed E-state index contributed by atoms with van der Waals surface area (Å²) >= 11 is 0. The Morgan fingerprint density at radius 3 is 1.93 bits per heavy atom. The molecule has 9 heteroatoms. The highest BCUT2D eigenvalue weighted by Crippen LogP contribution is 2.19. The third-order valence-electron chi connectivity index (χ3n) is 4.03. The summed E-state index contributed by atoms with van der Waals surface area (Å²) in [6.45, 7) is 5.55. The average molecular weight is 420 g/mol. The van der Waals surface area contributed by atoms with E-state index in [4.69, 9.17) is 4.74 Å². The highest BCUT2D eigenvalue weighted by atomic mass is 32.2. The number of hydrogen-bond acceptors (Lipinski definition) is 5. The van der Waals surface area contributed by atoms with Gasteiger partial charge in [-0.25, -0.2) is 8.42 Å². The van der Waals surface area contributed by atoms with Gasteiger partial charge in [0.2, 0.25) is 15.9 Å². The van der Waals surface area contributed by atoms with Gasteiger partial charge in [-0.15, -0.1) is 0 Å². The molecule has 0 aromatic heterocycles. The first-order chi connectivity index (χ1) is 13.8. The molecule has 0 saturated carbocycles. The minimum atomic E-state index is -3.53. The van der Waals surface area contributed by atoms with Crippen molar-refractivity contribution in [3.8, 4) is 5.75 Å². The van der Waals surface area contributed by atoms with Crippen LogP contribution in [0.1, 0.15) is 20.8 Å². The predicted molar refractivity (Wildman–Crippen MR) is 111 cm³/mol. The van der Waals surface area contributed by atoms with Crippen LogP contribution in [0, 0.1) is 0 Å². The van der Waals surface area contributed by atoms with Crippen molar-refractivity contribution < 1.29 is 22.7 Å². The molecule has 2 rings (SSSR count). The molecule has 0 atom stereocenters. The maximum absolute atomic E-state index is 12.5. The standard InChI is InChI=1S/C20H25N3O5S/c1-4-23(5-2)29(26,27)19-12-8-17(9-13-19)22-20(25)14-28-18-10-6-16(7-11-18)21-15(3)24/h6-13H,4-5,14H2,1-3H3,(H,21,24)(H,22,25). The Kier molecular flexibility index (Phi) is 7.74. The number of hydrogen-bond donors (Lipinski definition) is 2. The fourth-order valence-electron chi connectivity index (χ4n) is 2.61. The van der Waals surface area contributed by atoms with E-state index in [1.165, 1.54) is 35.5 Å². The molecule has 2 amide bonds. The van der Waals surface area contributed by atoms with Crippen LogP contribution in [-0.4, -0.2) is 44.2 Å². The first-order valence-corrected chi connectivity index (χ1v) is 10.6. The van der Waals surface area contributed by atoms with E-state index in [0.717, 1.165) is 0 Å². The monoisotopic (exact) mass is 419 g/mol. The van der Waals surface area contributed by atoms with Gasteiger partial charge in [0.05, 0.1) is 4.90 Å². The first kappa shape index (κ1) is 22.4. The fraction of sp³-hybridized carbons (Fsp3) is 0.300. The molecule has 2 aromatic carbocycles. The molecule has 0 bridgehead atoms. The van der Waals surface area contributed by atoms with Crippen LogP contribution in [0.5, 0.6) is 5.75 Å². The molecule has 0 aliphatic rings. The third-order valence-corrected chi connectivity index (χ3v) is 6.09. The van der Waals surface area contributed by atoms with E-state index in [2.05, 4.69) is 10.6 Å². The summed E-state index contributed by atoms with van der Waals surface area (Å²) in [7, 11) is -3.53. The predicted octanol–water partition coefficient (Wildman–Crippen LogP) is 2.69. The molecule has 0 fully saturated rings. The molecule has 0 heterocycles. The van der Waals surface area contributed by atoms with Crippen LogP contribution < -0.4 is 15.4 Å². The van der Waals surface area contributed by atoms with Gasteiger partial charge >= 0.3 is 0 Å². The quantitative estimate of drug-likeness (QED) is 0.650. The van der Waals surface area contributed by atoms with Gasteiger partial charge in [-0.1, -0.05) is 13.8 Å². The van der Waals surface area contributed by atoms with Crippen molar-refractivity contribution >= 4 is 33.2 Å². The van der Waals surface area contributed by atoms with Crippen LogP contribution in [0.2, 0.25) is 0 Å². The fourth-order valence-corrected chi connectivity index (χ4v) is 4.06. The van der Waals surface area contributed by atoms with Gasteiger partial charge in [-0.05, 0) is 48.5 Å². The number of nitrogens with zero attached hydrogens (tertiary/aromatic N) is 1. The summed E-state index contributed by atoms with van der Waals surface area (Å²) in [6.07, 6.45) is 0. The molecule has 2 aromatic rings. The summed E-state index contributed by atoms with van der Waals surface area (Å²) in [5, 5.41) is 5.30. The SMILES string of the molecule is CCN(CC)S(=O)(=O)c1ccc(NC(=O)COc2ccc(NC(C)=O)cc2)cc1. The molecular formula is C20H25N3O5S. The van der Waals surface area contributed by atoms with Gasteiger partial charge in [-0.2, -0.15) is 4.31 Å². The number of ether oxygens (including phenoxy) is 1. The molecule has 0 aliphatic carbocycles. The molecule has 0 saturated heterocycles. The number of nitrogens with one attached hydrogen (secondary N) is 2. The van der Waals surface area contributed by atoms with E-state index in [1.54, 1.807) is 38.1 Å². The molecule has 0 aliphatic heterocycles. The van der Waals surface area contributed by atoms with Crippen LogP contribution >= 0.6 is 0 Å². The molecular weight excluding hydrogens is 394 g/mol. The van der Waals surface area contributed by atoms with E-state index < -0.39 is 10.0 Å². The number of anilines is 2. The Balaban J connectivity index is 1.91. The van der Waals surface area contributed by atoms with Crippen molar-refractivity contribution in [1.82, 2.24) is 4.31 Å². The second-order valence-corrected chi connectivity index (χ2v) is 8.09. The third kappa shape index (κ3) is 6.30. The van der Waals surface area contributed by atoms with Gasteiger partial charge in [0.25, 0.3) is 5.91 Å². The summed E-state index contributed by atoms with van der Waals surface area (Å²) in [6, 6.07) is 12.6. The highest BCUT2D eigenvalue weighted by molar-refractivity contribution is 7.89. The Morgan fingerprint density at radius 1 is 0.897 bits per heavy atom. The molecule has 0 unspecified atom stereocenters. The number of sulfonamides is 1. The van der Waals surface area contributed by atoms with Crippen LogP contribution in [0.25, 0.3) is 0 Å². The smallest absolute Gasteiger partial charge is 0.262 e. The van der Waals surface area contributed by atoms with Gasteiger partial charge in [0, 0.05) is 31.4 Å². The second-order valence-electron chi connectivity index (χ2n) is 6.16. The molecule has 156 valence electrons. The molecule has 0 spiro atoms. The van der Waals surface area contributed by atoms with Crippen molar-refractivity contribution in [2.24, 2.45) is 0 Å². The van der Waals surface area contributed by atoms with E-state index in [0.29, 0.717) is 30.2 Å². The van der Waals surface area contributed by atoms with E-state index in [-0.39, 0.29) is 23.3 Å². The van der Waals surface area contributed by atoms with Crippen molar-refractivity contribution in [3.05, 3.63) is 48.5 Å². The lowest BCUT2D eigenvalue weighted by Gasteiger charge is -2.18. The normalized spacial score (nSPS) is 11.2. The van der Waals surface area contributed by atoms with Crippen molar-refractivity contribution in [2.75, 3.05) is 30.3 Å². The lowest BCUT2D eigenvalue weighted by Crippen LogP contribution is -2.30. The average Bonchev–Trinajstić information content (AvgIpc) is 2.68. The van der Waals surface area contributed by atoms with Crippen LogP contribution in [0.15, 0.2) is 53.4 Å². The topological polar surface area (TPSA) is 105 Å². The zero-order valence-corrected chi connectivity index (χ0v) is 17.5. The van der Waals surface area contributed by atoms with Crippen LogP contribution in [0.4, 0.5) is 11.4 Å². The molecule has 2 N–H and O–H groups in total. The summed E-state index contributed by atoms with van der Waals surface area (Å²) < 4.78 is 31.7.